The molecule has 1 aliphatic carbocycles. The maximum Gasteiger partial charge on any atom is 0.257 e. The van der Waals surface area contributed by atoms with Crippen molar-refractivity contribution in [3.05, 3.63) is 62.0 Å². The number of thioether (sulfide) groups is 1. The van der Waals surface area contributed by atoms with E-state index < -0.39 is 5.92 Å². The molecule has 0 fully saturated rings. The Morgan fingerprint density at radius 2 is 1.93 bits per heavy atom. The van der Waals surface area contributed by atoms with Crippen molar-refractivity contribution < 1.29 is 4.79 Å². The van der Waals surface area contributed by atoms with Crippen LogP contribution in [0.25, 0.3) is 0 Å². The van der Waals surface area contributed by atoms with Gasteiger partial charge in [-0.15, -0.1) is 0 Å². The summed E-state index contributed by atoms with van der Waals surface area (Å²) in [6.45, 7) is 6.33. The third-order valence-electron chi connectivity index (χ3n) is 5.64. The van der Waals surface area contributed by atoms with E-state index in [1.54, 1.807) is 23.9 Å². The monoisotopic (exact) mass is 443 g/mol. The predicted octanol–water partition coefficient (Wildman–Crippen LogP) is 5.52. The van der Waals surface area contributed by atoms with Crippen LogP contribution in [0.1, 0.15) is 63.5 Å². The van der Waals surface area contributed by atoms with E-state index in [0.717, 1.165) is 36.3 Å². The number of carbonyl (C=O) groups excluding carboxylic acids is 1. The first kappa shape index (κ1) is 21.2. The summed E-state index contributed by atoms with van der Waals surface area (Å²) < 4.78 is 0. The Labute approximate surface area is 185 Å². The predicted molar refractivity (Wildman–Crippen MR) is 122 cm³/mol. The van der Waals surface area contributed by atoms with Crippen molar-refractivity contribution in [1.82, 2.24) is 9.97 Å². The molecular weight excluding hydrogens is 418 g/mol. The number of nitrogens with one attached hydrogen (secondary N) is 2. The number of aromatic amines is 1. The summed E-state index contributed by atoms with van der Waals surface area (Å²) in [7, 11) is 0. The normalized spacial score (nSPS) is 19.9. The molecule has 1 aromatic heterocycles. The van der Waals surface area contributed by atoms with Crippen LogP contribution in [0.3, 0.4) is 0 Å². The van der Waals surface area contributed by atoms with Gasteiger partial charge in [-0.25, -0.2) is 4.98 Å². The lowest BCUT2D eigenvalue weighted by atomic mass is 9.69. The van der Waals surface area contributed by atoms with Crippen molar-refractivity contribution in [3.63, 3.8) is 0 Å². The van der Waals surface area contributed by atoms with Crippen molar-refractivity contribution in [2.45, 2.75) is 57.5 Å². The van der Waals surface area contributed by atoms with Crippen LogP contribution in [0.4, 0.5) is 5.82 Å². The number of hydrogen-bond acceptors (Lipinski definition) is 5. The maximum atomic E-state index is 13.2. The van der Waals surface area contributed by atoms with E-state index in [1.165, 1.54) is 0 Å². The minimum atomic E-state index is -0.442. The molecule has 0 bridgehead atoms. The van der Waals surface area contributed by atoms with Gasteiger partial charge in [-0.1, -0.05) is 62.7 Å². The molecule has 7 heteroatoms. The molecule has 0 spiro atoms. The molecule has 2 aromatic rings. The number of aromatic nitrogens is 2. The summed E-state index contributed by atoms with van der Waals surface area (Å²) >= 11 is 7.65. The second-order valence-corrected chi connectivity index (χ2v) is 10.3. The SMILES string of the molecule is CCCCSc1nc2c(c(=O)[nH]1)C(c1ccc(Cl)cc1)C1=C(CC(C)(C)CC1=O)N2. The Kier molecular flexibility index (Phi) is 5.82. The molecule has 1 atom stereocenters. The van der Waals surface area contributed by atoms with Crippen LogP contribution < -0.4 is 10.9 Å². The molecule has 5 nitrogen and oxygen atoms in total. The van der Waals surface area contributed by atoms with E-state index in [-0.39, 0.29) is 16.8 Å². The van der Waals surface area contributed by atoms with Crippen LogP contribution in [0.15, 0.2) is 45.5 Å². The fourth-order valence-electron chi connectivity index (χ4n) is 4.26. The topological polar surface area (TPSA) is 74.8 Å². The summed E-state index contributed by atoms with van der Waals surface area (Å²) in [6, 6.07) is 7.38. The zero-order valence-electron chi connectivity index (χ0n) is 17.5. The van der Waals surface area contributed by atoms with Gasteiger partial charge in [0.1, 0.15) is 5.82 Å². The number of ketones is 1. The molecular formula is C23H26ClN3O2S. The van der Waals surface area contributed by atoms with Gasteiger partial charge in [0, 0.05) is 34.4 Å². The first-order valence-corrected chi connectivity index (χ1v) is 11.7. The van der Waals surface area contributed by atoms with Gasteiger partial charge in [0.2, 0.25) is 0 Å². The third-order valence-corrected chi connectivity index (χ3v) is 6.85. The zero-order chi connectivity index (χ0) is 21.5. The molecule has 0 saturated heterocycles. The van der Waals surface area contributed by atoms with Crippen molar-refractivity contribution in [2.75, 3.05) is 11.1 Å². The molecule has 2 aliphatic rings. The molecule has 4 rings (SSSR count). The number of Topliss-reactive ketones (excluding diaryl/α,β-unsaturated/α-hetero) is 1. The van der Waals surface area contributed by atoms with Crippen LogP contribution in [-0.2, 0) is 4.79 Å². The first-order valence-electron chi connectivity index (χ1n) is 10.3. The zero-order valence-corrected chi connectivity index (χ0v) is 19.0. The fourth-order valence-corrected chi connectivity index (χ4v) is 5.34. The fraction of sp³-hybridized carbons (Fsp3) is 0.435. The summed E-state index contributed by atoms with van der Waals surface area (Å²) in [5.41, 5.74) is 2.61. The molecule has 1 aromatic carbocycles. The molecule has 1 aliphatic heterocycles. The molecule has 2 N–H and O–H groups in total. The lowest BCUT2D eigenvalue weighted by Crippen LogP contribution is -2.37. The molecule has 30 heavy (non-hydrogen) atoms. The van der Waals surface area contributed by atoms with Crippen LogP contribution in [-0.4, -0.2) is 21.5 Å². The number of carbonyl (C=O) groups is 1. The lowest BCUT2D eigenvalue weighted by Gasteiger charge is -2.38. The standard InChI is InChI=1S/C23H26ClN3O2S/c1-4-5-10-30-22-26-20-19(21(29)27-22)17(13-6-8-14(24)9-7-13)18-15(25-20)11-23(2,3)12-16(18)28/h6-9,17H,4-5,10-12H2,1-3H3,(H2,25,26,27,29). The summed E-state index contributed by atoms with van der Waals surface area (Å²) in [5.74, 6) is 1.10. The minimum Gasteiger partial charge on any atom is -0.343 e. The van der Waals surface area contributed by atoms with Crippen molar-refractivity contribution in [2.24, 2.45) is 5.41 Å². The van der Waals surface area contributed by atoms with Crippen LogP contribution in [0.2, 0.25) is 5.02 Å². The number of unbranched alkanes of at least 4 members (excludes halogenated alkanes) is 1. The molecule has 0 radical (unpaired) electrons. The average Bonchev–Trinajstić information content (AvgIpc) is 2.66. The lowest BCUT2D eigenvalue weighted by molar-refractivity contribution is -0.118. The number of allylic oxidation sites excluding steroid dienone is 2. The van der Waals surface area contributed by atoms with Gasteiger partial charge in [-0.05, 0) is 36.0 Å². The highest BCUT2D eigenvalue weighted by Gasteiger charge is 2.42. The number of halogens is 1. The van der Waals surface area contributed by atoms with E-state index in [4.69, 9.17) is 16.6 Å². The maximum absolute atomic E-state index is 13.2. The number of nitrogens with zero attached hydrogens (tertiary/aromatic N) is 1. The highest BCUT2D eigenvalue weighted by molar-refractivity contribution is 7.99. The minimum absolute atomic E-state index is 0.0835. The van der Waals surface area contributed by atoms with Crippen LogP contribution in [0, 0.1) is 5.41 Å². The van der Waals surface area contributed by atoms with Gasteiger partial charge in [0.15, 0.2) is 10.9 Å². The van der Waals surface area contributed by atoms with Gasteiger partial charge < -0.3 is 10.3 Å². The molecule has 1 unspecified atom stereocenters. The smallest absolute Gasteiger partial charge is 0.257 e. The Hall–Kier alpha value is -2.05. The summed E-state index contributed by atoms with van der Waals surface area (Å²) in [4.78, 5) is 34.0. The van der Waals surface area contributed by atoms with Gasteiger partial charge in [-0.2, -0.15) is 0 Å². The number of rotatable bonds is 5. The van der Waals surface area contributed by atoms with Crippen LogP contribution >= 0.6 is 23.4 Å². The number of benzene rings is 1. The molecule has 2 heterocycles. The van der Waals surface area contributed by atoms with Gasteiger partial charge >= 0.3 is 0 Å². The highest BCUT2D eigenvalue weighted by Crippen LogP contribution is 2.47. The van der Waals surface area contributed by atoms with E-state index in [1.807, 2.05) is 12.1 Å². The van der Waals surface area contributed by atoms with E-state index in [0.29, 0.717) is 33.6 Å². The number of fused-ring (bicyclic) bond motifs is 1. The quantitative estimate of drug-likeness (QED) is 0.361. The summed E-state index contributed by atoms with van der Waals surface area (Å²) in [6.07, 6.45) is 3.35. The number of H-pyrrole nitrogens is 1. The molecule has 158 valence electrons. The first-order chi connectivity index (χ1) is 14.3. The Morgan fingerprint density at radius 3 is 2.63 bits per heavy atom. The van der Waals surface area contributed by atoms with Crippen molar-refractivity contribution in [3.8, 4) is 0 Å². The molecule has 0 amide bonds. The second kappa shape index (κ2) is 8.23. The number of anilines is 1. The Bertz CT molecular complexity index is 1070. The van der Waals surface area contributed by atoms with E-state index in [2.05, 4.69) is 31.1 Å². The van der Waals surface area contributed by atoms with Gasteiger partial charge in [-0.3, -0.25) is 9.59 Å². The van der Waals surface area contributed by atoms with E-state index >= 15 is 0 Å². The van der Waals surface area contributed by atoms with E-state index in [9.17, 15) is 9.59 Å². The molecule has 0 saturated carbocycles. The van der Waals surface area contributed by atoms with Gasteiger partial charge in [0.25, 0.3) is 5.56 Å². The Balaban J connectivity index is 1.86. The van der Waals surface area contributed by atoms with Crippen molar-refractivity contribution in [1.29, 1.82) is 0 Å². The Morgan fingerprint density at radius 1 is 1.20 bits per heavy atom. The highest BCUT2D eigenvalue weighted by atomic mass is 35.5. The largest absolute Gasteiger partial charge is 0.343 e. The van der Waals surface area contributed by atoms with Crippen LogP contribution in [0.5, 0.6) is 0 Å². The number of hydrogen-bond donors (Lipinski definition) is 2. The van der Waals surface area contributed by atoms with Crippen molar-refractivity contribution >= 4 is 35.0 Å². The average molecular weight is 444 g/mol. The summed E-state index contributed by atoms with van der Waals surface area (Å²) in [5, 5.41) is 4.59. The third kappa shape index (κ3) is 4.08. The second-order valence-electron chi connectivity index (χ2n) is 8.78. The van der Waals surface area contributed by atoms with Gasteiger partial charge in [0.05, 0.1) is 5.56 Å².